The van der Waals surface area contributed by atoms with Gasteiger partial charge < -0.3 is 10.1 Å². The number of benzene rings is 2. The molecule has 0 fully saturated rings. The summed E-state index contributed by atoms with van der Waals surface area (Å²) in [6, 6.07) is 12.9. The zero-order chi connectivity index (χ0) is 22.5. The van der Waals surface area contributed by atoms with Gasteiger partial charge in [-0.2, -0.15) is 12.7 Å². The van der Waals surface area contributed by atoms with Crippen molar-refractivity contribution >= 4 is 21.8 Å². The van der Waals surface area contributed by atoms with Crippen LogP contribution in [0, 0.1) is 20.8 Å². The van der Waals surface area contributed by atoms with Crippen LogP contribution in [-0.2, 0) is 15.0 Å². The highest BCUT2D eigenvalue weighted by molar-refractivity contribution is 7.90. The molecule has 0 saturated carbocycles. The molecule has 2 aromatic carbocycles. The molecule has 0 spiro atoms. The van der Waals surface area contributed by atoms with Crippen molar-refractivity contribution in [1.29, 1.82) is 0 Å². The number of hydrogen-bond donors (Lipinski definition) is 1. The van der Waals surface area contributed by atoms with E-state index in [9.17, 15) is 13.2 Å². The lowest BCUT2D eigenvalue weighted by atomic mass is 10.1. The second kappa shape index (κ2) is 9.95. The zero-order valence-corrected chi connectivity index (χ0v) is 19.3. The van der Waals surface area contributed by atoms with Gasteiger partial charge in [0.1, 0.15) is 18.9 Å². The number of carbonyl (C=O) groups excluding carboxylic acids is 1. The predicted molar refractivity (Wildman–Crippen MR) is 120 cm³/mol. The SMILES string of the molecule is Cc1ccc(OC[C@H](C)NC(=O)CN(c2cc(C)ccc2C)S(=O)(=O)N(C)C)cc1. The molecule has 0 unspecified atom stereocenters. The Kier molecular flexibility index (Phi) is 7.86. The number of amides is 1. The monoisotopic (exact) mass is 433 g/mol. The van der Waals surface area contributed by atoms with Crippen LogP contribution < -0.4 is 14.4 Å². The summed E-state index contributed by atoms with van der Waals surface area (Å²) in [5.74, 6) is 0.315. The second-order valence-corrected chi connectivity index (χ2v) is 9.75. The Hall–Kier alpha value is -2.58. The molecular weight excluding hydrogens is 402 g/mol. The van der Waals surface area contributed by atoms with E-state index < -0.39 is 16.1 Å². The van der Waals surface area contributed by atoms with Crippen LogP contribution in [0.2, 0.25) is 0 Å². The molecule has 0 saturated heterocycles. The number of rotatable bonds is 9. The van der Waals surface area contributed by atoms with E-state index in [1.165, 1.54) is 14.1 Å². The Morgan fingerprint density at radius 1 is 1.03 bits per heavy atom. The molecule has 0 aliphatic heterocycles. The molecule has 7 nitrogen and oxygen atoms in total. The molecule has 0 radical (unpaired) electrons. The largest absolute Gasteiger partial charge is 0.491 e. The van der Waals surface area contributed by atoms with Crippen LogP contribution in [0.25, 0.3) is 0 Å². The second-order valence-electron chi connectivity index (χ2n) is 7.68. The lowest BCUT2D eigenvalue weighted by molar-refractivity contribution is -0.120. The molecule has 0 heterocycles. The van der Waals surface area contributed by atoms with Gasteiger partial charge in [0.05, 0.1) is 11.7 Å². The van der Waals surface area contributed by atoms with Crippen LogP contribution in [0.5, 0.6) is 5.75 Å². The normalized spacial score (nSPS) is 12.5. The highest BCUT2D eigenvalue weighted by atomic mass is 32.2. The molecule has 0 aliphatic carbocycles. The third kappa shape index (κ3) is 6.21. The number of ether oxygens (including phenoxy) is 1. The molecular formula is C22H31N3O4S. The van der Waals surface area contributed by atoms with Crippen LogP contribution in [0.15, 0.2) is 42.5 Å². The highest BCUT2D eigenvalue weighted by Gasteiger charge is 2.28. The number of carbonyl (C=O) groups is 1. The molecule has 0 aromatic heterocycles. The van der Waals surface area contributed by atoms with Crippen LogP contribution in [0.4, 0.5) is 5.69 Å². The van der Waals surface area contributed by atoms with Crippen molar-refractivity contribution in [2.75, 3.05) is 31.6 Å². The van der Waals surface area contributed by atoms with E-state index in [-0.39, 0.29) is 19.2 Å². The average Bonchev–Trinajstić information content (AvgIpc) is 2.67. The molecule has 0 aliphatic rings. The van der Waals surface area contributed by atoms with Gasteiger partial charge in [0.25, 0.3) is 0 Å². The van der Waals surface area contributed by atoms with Crippen molar-refractivity contribution in [2.45, 2.75) is 33.7 Å². The standard InChI is InChI=1S/C22H31N3O4S/c1-16-8-11-20(12-9-16)29-15-19(4)23-22(26)14-25(30(27,28)24(5)6)21-13-17(2)7-10-18(21)3/h7-13,19H,14-15H2,1-6H3,(H,23,26)/t19-/m0/s1. The predicted octanol–water partition coefficient (Wildman–Crippen LogP) is 2.81. The first-order chi connectivity index (χ1) is 14.0. The number of nitrogens with zero attached hydrogens (tertiary/aromatic N) is 2. The van der Waals surface area contributed by atoms with Gasteiger partial charge in [-0.1, -0.05) is 29.8 Å². The molecule has 2 rings (SSSR count). The minimum absolute atomic E-state index is 0.276. The third-order valence-electron chi connectivity index (χ3n) is 4.59. The van der Waals surface area contributed by atoms with E-state index in [0.717, 1.165) is 25.3 Å². The van der Waals surface area contributed by atoms with Crippen molar-refractivity contribution in [3.05, 3.63) is 59.2 Å². The Labute approximate surface area is 179 Å². The van der Waals surface area contributed by atoms with Crippen LogP contribution in [-0.4, -0.2) is 51.9 Å². The van der Waals surface area contributed by atoms with Crippen LogP contribution in [0.3, 0.4) is 0 Å². The highest BCUT2D eigenvalue weighted by Crippen LogP contribution is 2.25. The molecule has 164 valence electrons. The first kappa shape index (κ1) is 23.7. The smallest absolute Gasteiger partial charge is 0.304 e. The van der Waals surface area contributed by atoms with Crippen LogP contribution in [0.1, 0.15) is 23.6 Å². The number of hydrogen-bond acceptors (Lipinski definition) is 4. The van der Waals surface area contributed by atoms with E-state index in [0.29, 0.717) is 11.4 Å². The summed E-state index contributed by atoms with van der Waals surface area (Å²) < 4.78 is 33.7. The van der Waals surface area contributed by atoms with E-state index in [2.05, 4.69) is 5.32 Å². The summed E-state index contributed by atoms with van der Waals surface area (Å²) in [5.41, 5.74) is 3.31. The first-order valence-electron chi connectivity index (χ1n) is 9.77. The summed E-state index contributed by atoms with van der Waals surface area (Å²) in [7, 11) is -0.951. The van der Waals surface area contributed by atoms with Gasteiger partial charge in [-0.05, 0) is 57.0 Å². The molecule has 8 heteroatoms. The summed E-state index contributed by atoms with van der Waals surface area (Å²) >= 11 is 0. The fourth-order valence-corrected chi connectivity index (χ4v) is 3.94. The first-order valence-corrected chi connectivity index (χ1v) is 11.2. The molecule has 1 atom stereocenters. The molecule has 1 amide bonds. The minimum atomic E-state index is -3.85. The van der Waals surface area contributed by atoms with Gasteiger partial charge in [-0.25, -0.2) is 4.31 Å². The van der Waals surface area contributed by atoms with E-state index in [4.69, 9.17) is 4.74 Å². The number of aryl methyl sites for hydroxylation is 3. The third-order valence-corrected chi connectivity index (χ3v) is 6.39. The van der Waals surface area contributed by atoms with E-state index >= 15 is 0 Å². The zero-order valence-electron chi connectivity index (χ0n) is 18.5. The molecule has 2 aromatic rings. The topological polar surface area (TPSA) is 79.0 Å². The lowest BCUT2D eigenvalue weighted by Gasteiger charge is -2.29. The maximum atomic E-state index is 12.9. The van der Waals surface area contributed by atoms with E-state index in [1.807, 2.05) is 64.1 Å². The molecule has 1 N–H and O–H groups in total. The number of nitrogens with one attached hydrogen (secondary N) is 1. The van der Waals surface area contributed by atoms with Gasteiger partial charge in [0, 0.05) is 14.1 Å². The summed E-state index contributed by atoms with van der Waals surface area (Å²) in [5, 5.41) is 2.82. The maximum absolute atomic E-state index is 12.9. The fourth-order valence-electron chi connectivity index (χ4n) is 2.82. The summed E-state index contributed by atoms with van der Waals surface area (Å²) in [4.78, 5) is 12.7. The van der Waals surface area contributed by atoms with Gasteiger partial charge in [0.2, 0.25) is 5.91 Å². The fraction of sp³-hybridized carbons (Fsp3) is 0.409. The Morgan fingerprint density at radius 3 is 2.23 bits per heavy atom. The van der Waals surface area contributed by atoms with Crippen LogP contribution >= 0.6 is 0 Å². The maximum Gasteiger partial charge on any atom is 0.304 e. The Balaban J connectivity index is 2.10. The van der Waals surface area contributed by atoms with Gasteiger partial charge in [-0.15, -0.1) is 0 Å². The summed E-state index contributed by atoms with van der Waals surface area (Å²) in [6.45, 7) is 7.47. The van der Waals surface area contributed by atoms with Crippen molar-refractivity contribution in [3.63, 3.8) is 0 Å². The van der Waals surface area contributed by atoms with Gasteiger partial charge in [-0.3, -0.25) is 4.79 Å². The Bertz CT molecular complexity index is 972. The van der Waals surface area contributed by atoms with Crippen molar-refractivity contribution in [3.8, 4) is 5.75 Å². The minimum Gasteiger partial charge on any atom is -0.491 e. The quantitative estimate of drug-likeness (QED) is 0.660. The Morgan fingerprint density at radius 2 is 1.63 bits per heavy atom. The molecule has 0 bridgehead atoms. The average molecular weight is 434 g/mol. The molecule has 30 heavy (non-hydrogen) atoms. The summed E-state index contributed by atoms with van der Waals surface area (Å²) in [6.07, 6.45) is 0. The lowest BCUT2D eigenvalue weighted by Crippen LogP contribution is -2.48. The van der Waals surface area contributed by atoms with Gasteiger partial charge in [0.15, 0.2) is 0 Å². The van der Waals surface area contributed by atoms with Crippen molar-refractivity contribution in [1.82, 2.24) is 9.62 Å². The van der Waals surface area contributed by atoms with Crippen molar-refractivity contribution in [2.24, 2.45) is 0 Å². The van der Waals surface area contributed by atoms with Gasteiger partial charge >= 0.3 is 10.2 Å². The van der Waals surface area contributed by atoms with E-state index in [1.54, 1.807) is 6.07 Å². The number of anilines is 1. The van der Waals surface area contributed by atoms with Crippen molar-refractivity contribution < 1.29 is 17.9 Å².